The molecule has 3 heterocycles. The first-order valence-electron chi connectivity index (χ1n) is 9.96. The van der Waals surface area contributed by atoms with E-state index in [1.54, 1.807) is 25.1 Å². The first-order chi connectivity index (χ1) is 14.9. The van der Waals surface area contributed by atoms with Gasteiger partial charge < -0.3 is 14.8 Å². The molecule has 158 valence electrons. The quantitative estimate of drug-likeness (QED) is 0.628. The van der Waals surface area contributed by atoms with Gasteiger partial charge in [0.2, 0.25) is 0 Å². The highest BCUT2D eigenvalue weighted by Gasteiger charge is 2.49. The van der Waals surface area contributed by atoms with Crippen LogP contribution in [0, 0.1) is 6.92 Å². The average molecular weight is 438 g/mol. The Morgan fingerprint density at radius 1 is 1.13 bits per heavy atom. The number of benzene rings is 2. The Kier molecular flexibility index (Phi) is 4.51. The number of aryl methyl sites for hydroxylation is 1. The van der Waals surface area contributed by atoms with Gasteiger partial charge in [-0.2, -0.15) is 0 Å². The van der Waals surface area contributed by atoms with Gasteiger partial charge in [0.15, 0.2) is 11.5 Å². The topological polar surface area (TPSA) is 80.8 Å². The molecular weight excluding hydrogens is 418 g/mol. The van der Waals surface area contributed by atoms with Crippen molar-refractivity contribution < 1.29 is 19.1 Å². The van der Waals surface area contributed by atoms with Gasteiger partial charge in [0.05, 0.1) is 22.8 Å². The van der Waals surface area contributed by atoms with Crippen molar-refractivity contribution >= 4 is 34.4 Å². The average Bonchev–Trinajstić information content (AvgIpc) is 3.00. The van der Waals surface area contributed by atoms with Crippen LogP contribution in [-0.4, -0.2) is 35.0 Å². The monoisotopic (exact) mass is 437 g/mol. The smallest absolute Gasteiger partial charge is 0.325 e. The van der Waals surface area contributed by atoms with Crippen molar-refractivity contribution in [3.63, 3.8) is 0 Å². The molecule has 1 atom stereocenters. The number of ether oxygens (including phenoxy) is 2. The lowest BCUT2D eigenvalue weighted by Gasteiger charge is -2.25. The van der Waals surface area contributed by atoms with E-state index in [1.165, 1.54) is 0 Å². The molecular formula is C23H20ClN3O4. The first-order valence-corrected chi connectivity index (χ1v) is 10.3. The summed E-state index contributed by atoms with van der Waals surface area (Å²) in [6.45, 7) is 4.48. The summed E-state index contributed by atoms with van der Waals surface area (Å²) in [6.07, 6.45) is 0. The number of amides is 3. The summed E-state index contributed by atoms with van der Waals surface area (Å²) in [5.41, 5.74) is 1.50. The maximum absolute atomic E-state index is 13.4. The molecule has 0 spiro atoms. The van der Waals surface area contributed by atoms with E-state index in [0.29, 0.717) is 41.0 Å². The zero-order valence-electron chi connectivity index (χ0n) is 17.1. The van der Waals surface area contributed by atoms with E-state index in [0.717, 1.165) is 21.4 Å². The molecule has 3 amide bonds. The summed E-state index contributed by atoms with van der Waals surface area (Å²) in [5.74, 6) is 0.799. The van der Waals surface area contributed by atoms with Crippen molar-refractivity contribution in [3.05, 3.63) is 64.3 Å². The number of rotatable bonds is 3. The maximum atomic E-state index is 13.4. The minimum absolute atomic E-state index is 0.0185. The SMILES string of the molecule is Cc1c(Cl)c(CN2C(=O)NC(C)(c3ccc4c(c3)OCCO4)C2=O)nc2ccccc12. The zero-order valence-corrected chi connectivity index (χ0v) is 17.8. The van der Waals surface area contributed by atoms with E-state index in [9.17, 15) is 9.59 Å². The molecule has 2 aliphatic rings. The van der Waals surface area contributed by atoms with Gasteiger partial charge in [-0.1, -0.05) is 35.9 Å². The number of pyridine rings is 1. The van der Waals surface area contributed by atoms with Crippen LogP contribution >= 0.6 is 11.6 Å². The Bertz CT molecular complexity index is 1240. The number of hydrogen-bond donors (Lipinski definition) is 1. The van der Waals surface area contributed by atoms with Gasteiger partial charge in [0, 0.05) is 5.39 Å². The predicted molar refractivity (Wildman–Crippen MR) is 115 cm³/mol. The zero-order chi connectivity index (χ0) is 21.8. The number of aromatic nitrogens is 1. The highest BCUT2D eigenvalue weighted by molar-refractivity contribution is 6.32. The summed E-state index contributed by atoms with van der Waals surface area (Å²) in [7, 11) is 0. The highest BCUT2D eigenvalue weighted by Crippen LogP contribution is 2.37. The fourth-order valence-electron chi connectivity index (χ4n) is 4.06. The molecule has 2 aliphatic heterocycles. The largest absolute Gasteiger partial charge is 0.486 e. The van der Waals surface area contributed by atoms with E-state index >= 15 is 0 Å². The van der Waals surface area contributed by atoms with Gasteiger partial charge >= 0.3 is 6.03 Å². The number of urea groups is 1. The molecule has 7 nitrogen and oxygen atoms in total. The Balaban J connectivity index is 1.48. The minimum Gasteiger partial charge on any atom is -0.486 e. The van der Waals surface area contributed by atoms with Crippen molar-refractivity contribution in [2.75, 3.05) is 13.2 Å². The molecule has 1 fully saturated rings. The summed E-state index contributed by atoms with van der Waals surface area (Å²) in [5, 5.41) is 4.21. The van der Waals surface area contributed by atoms with Gasteiger partial charge in [-0.05, 0) is 43.2 Å². The van der Waals surface area contributed by atoms with Crippen LogP contribution in [-0.2, 0) is 16.9 Å². The number of para-hydroxylation sites is 1. The van der Waals surface area contributed by atoms with Crippen LogP contribution in [0.2, 0.25) is 5.02 Å². The third-order valence-corrected chi connectivity index (χ3v) is 6.35. The first kappa shape index (κ1) is 19.6. The Labute approximate surface area is 183 Å². The van der Waals surface area contributed by atoms with Crippen LogP contribution in [0.3, 0.4) is 0 Å². The summed E-state index contributed by atoms with van der Waals surface area (Å²) in [4.78, 5) is 31.9. The Morgan fingerprint density at radius 3 is 2.68 bits per heavy atom. The summed E-state index contributed by atoms with van der Waals surface area (Å²) < 4.78 is 11.2. The molecule has 0 aliphatic carbocycles. The van der Waals surface area contributed by atoms with Gasteiger partial charge in [-0.15, -0.1) is 0 Å². The van der Waals surface area contributed by atoms with Gasteiger partial charge in [0.25, 0.3) is 5.91 Å². The number of carbonyl (C=O) groups is 2. The van der Waals surface area contributed by atoms with E-state index in [-0.39, 0.29) is 12.5 Å². The molecule has 31 heavy (non-hydrogen) atoms. The van der Waals surface area contributed by atoms with Gasteiger partial charge in [0.1, 0.15) is 18.8 Å². The number of hydrogen-bond acceptors (Lipinski definition) is 5. The molecule has 2 aromatic carbocycles. The van der Waals surface area contributed by atoms with Crippen LogP contribution in [0.4, 0.5) is 4.79 Å². The van der Waals surface area contributed by atoms with Crippen molar-refractivity contribution in [2.45, 2.75) is 25.9 Å². The van der Waals surface area contributed by atoms with Gasteiger partial charge in [-0.25, -0.2) is 9.78 Å². The number of carbonyl (C=O) groups excluding carboxylic acids is 2. The lowest BCUT2D eigenvalue weighted by Crippen LogP contribution is -2.41. The fraction of sp³-hybridized carbons (Fsp3) is 0.261. The summed E-state index contributed by atoms with van der Waals surface area (Å²) in [6, 6.07) is 12.4. The highest BCUT2D eigenvalue weighted by atomic mass is 35.5. The Hall–Kier alpha value is -3.32. The van der Waals surface area contributed by atoms with Crippen molar-refractivity contribution in [1.82, 2.24) is 15.2 Å². The molecule has 5 rings (SSSR count). The third-order valence-electron chi connectivity index (χ3n) is 5.85. The second kappa shape index (κ2) is 7.13. The van der Waals surface area contributed by atoms with Crippen molar-refractivity contribution in [1.29, 1.82) is 0 Å². The van der Waals surface area contributed by atoms with E-state index in [2.05, 4.69) is 10.3 Å². The summed E-state index contributed by atoms with van der Waals surface area (Å²) >= 11 is 6.55. The third kappa shape index (κ3) is 3.08. The van der Waals surface area contributed by atoms with Crippen molar-refractivity contribution in [2.24, 2.45) is 0 Å². The standard InChI is InChI=1S/C23H20ClN3O4/c1-13-15-5-3-4-6-16(15)25-17(20(13)24)12-27-21(28)23(2,26-22(27)29)14-7-8-18-19(11-14)31-10-9-30-18/h3-8,11H,9-10,12H2,1-2H3,(H,26,29). The second-order valence-electron chi connectivity index (χ2n) is 7.82. The van der Waals surface area contributed by atoms with Crippen LogP contribution in [0.5, 0.6) is 11.5 Å². The molecule has 3 aromatic rings. The van der Waals surface area contributed by atoms with Crippen molar-refractivity contribution in [3.8, 4) is 11.5 Å². The predicted octanol–water partition coefficient (Wildman–Crippen LogP) is 3.94. The molecule has 1 N–H and O–H groups in total. The van der Waals surface area contributed by atoms with E-state index in [1.807, 2.05) is 31.2 Å². The van der Waals surface area contributed by atoms with Crippen LogP contribution in [0.1, 0.15) is 23.7 Å². The lowest BCUT2D eigenvalue weighted by atomic mass is 9.91. The maximum Gasteiger partial charge on any atom is 0.325 e. The normalized spacial score (nSPS) is 20.3. The number of halogens is 1. The molecule has 0 radical (unpaired) electrons. The minimum atomic E-state index is -1.23. The molecule has 1 aromatic heterocycles. The van der Waals surface area contributed by atoms with E-state index in [4.69, 9.17) is 21.1 Å². The number of fused-ring (bicyclic) bond motifs is 2. The van der Waals surface area contributed by atoms with Crippen LogP contribution in [0.25, 0.3) is 10.9 Å². The number of imide groups is 1. The number of nitrogens with one attached hydrogen (secondary N) is 1. The molecule has 1 saturated heterocycles. The van der Waals surface area contributed by atoms with E-state index < -0.39 is 11.6 Å². The lowest BCUT2D eigenvalue weighted by molar-refractivity contribution is -0.131. The van der Waals surface area contributed by atoms with Crippen LogP contribution in [0.15, 0.2) is 42.5 Å². The molecule has 1 unspecified atom stereocenters. The molecule has 0 saturated carbocycles. The van der Waals surface area contributed by atoms with Gasteiger partial charge in [-0.3, -0.25) is 9.69 Å². The fourth-order valence-corrected chi connectivity index (χ4v) is 4.27. The molecule has 8 heteroatoms. The second-order valence-corrected chi connectivity index (χ2v) is 8.20. The number of nitrogens with zero attached hydrogens (tertiary/aromatic N) is 2. The Morgan fingerprint density at radius 2 is 1.87 bits per heavy atom. The van der Waals surface area contributed by atoms with Crippen LogP contribution < -0.4 is 14.8 Å². The molecule has 0 bridgehead atoms.